The molecule has 1 aromatic rings. The average Bonchev–Trinajstić information content (AvgIpc) is 4.07. The molecule has 0 aliphatic heterocycles. The fourth-order valence-corrected chi connectivity index (χ4v) is 8.57. The molecule has 3 unspecified atom stereocenters. The second-order valence-electron chi connectivity index (χ2n) is 20.8. The molecule has 0 aliphatic carbocycles. The Balaban J connectivity index is 3.32. The van der Waals surface area contributed by atoms with Crippen molar-refractivity contribution < 1.29 is 72.5 Å². The van der Waals surface area contributed by atoms with Crippen LogP contribution in [0.15, 0.2) is 12.5 Å². The number of carbonyl (C=O) groups is 13. The number of carbonyl (C=O) groups excluding carboxylic acids is 12. The predicted octanol–water partition coefficient (Wildman–Crippen LogP) is -5.38. The van der Waals surface area contributed by atoms with Crippen LogP contribution in [0, 0.1) is 17.2 Å². The third-order valence-electron chi connectivity index (χ3n) is 12.3. The van der Waals surface area contributed by atoms with E-state index in [1.165, 1.54) is 31.2 Å². The number of aliphatic hydroxyl groups excluding tert-OH is 1. The topological polar surface area (TPSA) is 525 Å². The fraction of sp³-hybridized carbons (Fsp3) is 0.667. The van der Waals surface area contributed by atoms with E-state index in [1.807, 2.05) is 0 Å². The number of rotatable bonds is 44. The highest BCUT2D eigenvalue weighted by Gasteiger charge is 2.37. The van der Waals surface area contributed by atoms with Gasteiger partial charge in [-0.05, 0) is 89.2 Å². The molecule has 0 spiro atoms. The number of hydrogen-bond donors (Lipinski definition) is 18. The number of carboxylic acid groups (broad SMARTS) is 1. The largest absolute Gasteiger partial charge is 0.481 e. The number of thioether (sulfide) groups is 1. The van der Waals surface area contributed by atoms with E-state index in [9.17, 15) is 72.5 Å². The number of Topliss-reactive ketones (excluding diaryl/α,β-unsaturated/α-hetero) is 2. The SMILES string of the molecule is CSCCC(NC(=O)[C@H](CCCNC(=N)N)NC(=O)C(CCC(=O)O)NC(=O)[C@@H](NC(=O)CCCN[C@@H](CC(C)C)C(=O)C(=O)[C@H](Cc1cnc[nH]1)NC(=O)C(CC(N)=O)NC(=O)[C@H](CC(C)C)NC(=O)CNN)[C@@H](C)O)C(=O)N[C@@H](C)C=O. The number of aliphatic carboxylic acids is 1. The number of nitrogens with one attached hydrogen (secondary N) is 13. The van der Waals surface area contributed by atoms with Crippen LogP contribution < -0.4 is 75.9 Å². The van der Waals surface area contributed by atoms with Gasteiger partial charge >= 0.3 is 5.97 Å². The number of hydrogen-bond acceptors (Lipinski definition) is 20. The highest BCUT2D eigenvalue weighted by atomic mass is 32.2. The first-order valence-electron chi connectivity index (χ1n) is 27.4. The van der Waals surface area contributed by atoms with E-state index in [4.69, 9.17) is 22.7 Å². The van der Waals surface area contributed by atoms with Crippen molar-refractivity contribution in [1.29, 1.82) is 5.41 Å². The van der Waals surface area contributed by atoms with Gasteiger partial charge in [-0.2, -0.15) is 11.8 Å². The van der Waals surface area contributed by atoms with E-state index in [1.54, 1.807) is 34.0 Å². The molecule has 1 heterocycles. The number of H-pyrrole nitrogens is 1. The molecule has 33 heteroatoms. The van der Waals surface area contributed by atoms with Gasteiger partial charge in [0.15, 0.2) is 5.96 Å². The molecule has 1 aromatic heterocycles. The lowest BCUT2D eigenvalue weighted by Gasteiger charge is -2.27. The Bertz CT molecular complexity index is 2380. The Hall–Kier alpha value is -7.62. The summed E-state index contributed by atoms with van der Waals surface area (Å²) in [5, 5.41) is 52.8. The van der Waals surface area contributed by atoms with E-state index in [0.717, 1.165) is 6.92 Å². The van der Waals surface area contributed by atoms with Gasteiger partial charge in [0.25, 0.3) is 0 Å². The van der Waals surface area contributed by atoms with Crippen LogP contribution >= 0.6 is 11.8 Å². The zero-order valence-corrected chi connectivity index (χ0v) is 49.4. The summed E-state index contributed by atoms with van der Waals surface area (Å²) in [7, 11) is 0. The summed E-state index contributed by atoms with van der Waals surface area (Å²) < 4.78 is 0. The van der Waals surface area contributed by atoms with Gasteiger partial charge in [0.2, 0.25) is 64.7 Å². The van der Waals surface area contributed by atoms with Crippen molar-refractivity contribution in [2.45, 2.75) is 173 Å². The summed E-state index contributed by atoms with van der Waals surface area (Å²) >= 11 is 1.37. The van der Waals surface area contributed by atoms with Crippen molar-refractivity contribution in [3.8, 4) is 0 Å². The molecule has 32 nitrogen and oxygen atoms in total. The van der Waals surface area contributed by atoms with E-state index in [2.05, 4.69) is 68.6 Å². The van der Waals surface area contributed by atoms with Crippen molar-refractivity contribution >= 4 is 94.7 Å². The first-order valence-corrected chi connectivity index (χ1v) is 28.8. The quantitative estimate of drug-likeness (QED) is 0.00552. The summed E-state index contributed by atoms with van der Waals surface area (Å²) in [6.07, 6.45) is 1.07. The minimum absolute atomic E-state index is 0.0230. The van der Waals surface area contributed by atoms with Crippen LogP contribution in [0.4, 0.5) is 0 Å². The van der Waals surface area contributed by atoms with Gasteiger partial charge in [-0.15, -0.1) is 0 Å². The van der Waals surface area contributed by atoms with Crippen LogP contribution in [0.1, 0.15) is 111 Å². The predicted molar refractivity (Wildman–Crippen MR) is 306 cm³/mol. The molecule has 472 valence electrons. The maximum Gasteiger partial charge on any atom is 0.303 e. The molecule has 0 fully saturated rings. The second kappa shape index (κ2) is 39.8. The molecular weight excluding hydrogens is 1120 g/mol. The second-order valence-corrected chi connectivity index (χ2v) is 21.8. The minimum Gasteiger partial charge on any atom is -0.481 e. The molecule has 0 bridgehead atoms. The van der Waals surface area contributed by atoms with E-state index >= 15 is 0 Å². The molecule has 0 saturated carbocycles. The van der Waals surface area contributed by atoms with Gasteiger partial charge < -0.3 is 84.6 Å². The number of aromatic nitrogens is 2. The molecule has 1 rings (SSSR count). The number of amides is 9. The van der Waals surface area contributed by atoms with E-state index < -0.39 is 150 Å². The monoisotopic (exact) mass is 1210 g/mol. The van der Waals surface area contributed by atoms with Crippen molar-refractivity contribution in [3.63, 3.8) is 0 Å². The highest BCUT2D eigenvalue weighted by molar-refractivity contribution is 7.98. The summed E-state index contributed by atoms with van der Waals surface area (Å²) in [4.78, 5) is 178. The number of hydrazine groups is 1. The number of guanidine groups is 1. The maximum absolute atomic E-state index is 14.2. The van der Waals surface area contributed by atoms with Crippen LogP contribution in [0.3, 0.4) is 0 Å². The molecule has 0 aromatic carbocycles. The van der Waals surface area contributed by atoms with Gasteiger partial charge in [0.05, 0.1) is 37.5 Å². The minimum atomic E-state index is -1.72. The Labute approximate surface area is 491 Å². The average molecular weight is 1210 g/mol. The Morgan fingerprint density at radius 1 is 0.655 bits per heavy atom. The molecule has 0 saturated heterocycles. The van der Waals surface area contributed by atoms with Crippen molar-refractivity contribution in [1.82, 2.24) is 68.6 Å². The number of aldehydes is 1. The Morgan fingerprint density at radius 3 is 1.73 bits per heavy atom. The van der Waals surface area contributed by atoms with Crippen LogP contribution in [-0.4, -0.2) is 195 Å². The van der Waals surface area contributed by atoms with Crippen molar-refractivity contribution in [3.05, 3.63) is 18.2 Å². The van der Waals surface area contributed by atoms with Crippen molar-refractivity contribution in [2.24, 2.45) is 29.1 Å². The summed E-state index contributed by atoms with van der Waals surface area (Å²) in [6, 6.07) is -12.5. The standard InChI is InChI=1S/C51H87N17O15S/c1-26(2)18-34(43(76)44(77)35(20-30-22-56-25-59-30)66-49(82)37(21-38(52)71)67-48(81)36(19-27(3)4)62-40(73)23-60-55)57-15-9-11-39(72)68-42(29(6)70)50(83)65-32(12-13-41(74)75)47(80)63-31(10-8-16-58-51(53)54)46(79)64-33(14-17-84-7)45(78)61-28(5)24-69/h22,24-29,31-37,42,57,60,70H,8-21,23,55H2,1-7H3,(H2,52,71)(H,56,59)(H,61,78)(H,62,73)(H,63,80)(H,64,79)(H,65,83)(H,66,82)(H,67,81)(H,68,72)(H,74,75)(H4,53,54,58)/t28-,29+,31-,32?,33?,34-,35-,36-,37?,42-/m0/s1. The van der Waals surface area contributed by atoms with Crippen LogP contribution in [0.5, 0.6) is 0 Å². The lowest BCUT2D eigenvalue weighted by molar-refractivity contribution is -0.141. The number of aliphatic hydroxyl groups is 1. The third-order valence-corrected chi connectivity index (χ3v) is 13.0. The van der Waals surface area contributed by atoms with Crippen LogP contribution in [0.25, 0.3) is 0 Å². The lowest BCUT2D eigenvalue weighted by atomic mass is 9.93. The van der Waals surface area contributed by atoms with Gasteiger partial charge in [0.1, 0.15) is 48.6 Å². The fourth-order valence-electron chi connectivity index (χ4n) is 8.10. The Morgan fingerprint density at radius 2 is 1.19 bits per heavy atom. The van der Waals surface area contributed by atoms with Gasteiger partial charge in [-0.25, -0.2) is 4.98 Å². The number of carboxylic acids is 1. The molecule has 0 aliphatic rings. The van der Waals surface area contributed by atoms with E-state index in [-0.39, 0.29) is 88.8 Å². The summed E-state index contributed by atoms with van der Waals surface area (Å²) in [5.41, 5.74) is 13.3. The first kappa shape index (κ1) is 74.4. The third kappa shape index (κ3) is 30.1. The lowest BCUT2D eigenvalue weighted by Crippen LogP contribution is -2.60. The number of imidazole rings is 1. The van der Waals surface area contributed by atoms with E-state index in [0.29, 0.717) is 17.7 Å². The first-order chi connectivity index (χ1) is 39.5. The van der Waals surface area contributed by atoms with Gasteiger partial charge in [-0.3, -0.25) is 74.2 Å². The molecule has 21 N–H and O–H groups in total. The van der Waals surface area contributed by atoms with Crippen LogP contribution in [0.2, 0.25) is 0 Å². The zero-order chi connectivity index (χ0) is 63.6. The molecule has 9 amide bonds. The maximum atomic E-state index is 14.2. The number of nitrogens with two attached hydrogens (primary N) is 3. The van der Waals surface area contributed by atoms with Crippen molar-refractivity contribution in [2.75, 3.05) is 31.6 Å². The van der Waals surface area contributed by atoms with Gasteiger partial charge in [0, 0.05) is 37.7 Å². The molecular formula is C51H87N17O15S. The van der Waals surface area contributed by atoms with Gasteiger partial charge in [-0.1, -0.05) is 27.7 Å². The summed E-state index contributed by atoms with van der Waals surface area (Å²) in [5.74, 6) is -6.50. The Kier molecular flexibility index (Phi) is 35.2. The number of ketones is 2. The smallest absolute Gasteiger partial charge is 0.303 e. The highest BCUT2D eigenvalue weighted by Crippen LogP contribution is 2.13. The molecule has 10 atom stereocenters. The zero-order valence-electron chi connectivity index (χ0n) is 48.6. The summed E-state index contributed by atoms with van der Waals surface area (Å²) in [6.45, 7) is 9.36. The normalized spacial score (nSPS) is 14.7. The molecule has 84 heavy (non-hydrogen) atoms. The number of primary amides is 1. The van der Waals surface area contributed by atoms with Crippen LogP contribution in [-0.2, 0) is 68.7 Å². The number of nitrogens with zero attached hydrogens (tertiary/aromatic N) is 1. The number of aromatic amines is 1. The molecule has 0 radical (unpaired) electrons.